The third-order valence-corrected chi connectivity index (χ3v) is 4.19. The summed E-state index contributed by atoms with van der Waals surface area (Å²) in [7, 11) is 0. The van der Waals surface area contributed by atoms with Gasteiger partial charge in [0, 0.05) is 25.3 Å². The lowest BCUT2D eigenvalue weighted by Crippen LogP contribution is -2.27. The summed E-state index contributed by atoms with van der Waals surface area (Å²) < 4.78 is 0. The molecule has 126 valence electrons. The molecule has 1 aliphatic rings. The normalized spacial score (nSPS) is 17.9. The van der Waals surface area contributed by atoms with Crippen LogP contribution in [-0.2, 0) is 4.79 Å². The van der Waals surface area contributed by atoms with E-state index in [1.807, 2.05) is 50.4 Å². The molecule has 1 atom stereocenters. The number of likely N-dealkylation sites (tertiary alicyclic amines) is 1. The van der Waals surface area contributed by atoms with Crippen molar-refractivity contribution in [2.45, 2.75) is 61.3 Å². The van der Waals surface area contributed by atoms with Crippen LogP contribution in [0, 0.1) is 11.3 Å². The van der Waals surface area contributed by atoms with E-state index in [1.54, 1.807) is 0 Å². The van der Waals surface area contributed by atoms with Gasteiger partial charge in [0.05, 0.1) is 0 Å². The van der Waals surface area contributed by atoms with Crippen LogP contribution in [0.3, 0.4) is 0 Å². The summed E-state index contributed by atoms with van der Waals surface area (Å²) in [4.78, 5) is 13.9. The lowest BCUT2D eigenvalue weighted by Gasteiger charge is -2.19. The van der Waals surface area contributed by atoms with E-state index in [2.05, 4.69) is 33.1 Å². The minimum absolute atomic E-state index is 0.192. The van der Waals surface area contributed by atoms with Crippen LogP contribution >= 0.6 is 11.8 Å². The van der Waals surface area contributed by atoms with Gasteiger partial charge in [-0.1, -0.05) is 60.6 Å². The zero-order valence-electron chi connectivity index (χ0n) is 15.5. The van der Waals surface area contributed by atoms with Crippen molar-refractivity contribution in [1.29, 1.82) is 0 Å². The van der Waals surface area contributed by atoms with Crippen molar-refractivity contribution < 1.29 is 4.79 Å². The van der Waals surface area contributed by atoms with E-state index in [0.717, 1.165) is 25.3 Å². The number of carbonyl (C=O) groups excluding carboxylic acids is 1. The van der Waals surface area contributed by atoms with Crippen LogP contribution in [0.25, 0.3) is 0 Å². The maximum absolute atomic E-state index is 11.9. The Labute approximate surface area is 137 Å². The number of hydrogen-bond acceptors (Lipinski definition) is 2. The number of carbonyl (C=O) groups is 1. The second-order valence-electron chi connectivity index (χ2n) is 5.76. The van der Waals surface area contributed by atoms with E-state index < -0.39 is 0 Å². The highest BCUT2D eigenvalue weighted by Crippen LogP contribution is 2.22. The van der Waals surface area contributed by atoms with Crippen molar-refractivity contribution >= 4 is 17.7 Å². The molecule has 1 fully saturated rings. The fraction of sp³-hybridized carbons (Fsp3) is 0.833. The molecule has 1 saturated heterocycles. The van der Waals surface area contributed by atoms with E-state index >= 15 is 0 Å². The summed E-state index contributed by atoms with van der Waals surface area (Å²) in [6.45, 7) is 16.5. The highest BCUT2D eigenvalue weighted by Gasteiger charge is 2.22. The first kappa shape index (κ1) is 22.8. The van der Waals surface area contributed by atoms with Crippen molar-refractivity contribution in [2.75, 3.05) is 25.1 Å². The fourth-order valence-electron chi connectivity index (χ4n) is 2.19. The van der Waals surface area contributed by atoms with Crippen molar-refractivity contribution in [3.8, 4) is 0 Å². The second kappa shape index (κ2) is 13.2. The van der Waals surface area contributed by atoms with E-state index in [9.17, 15) is 4.79 Å². The maximum atomic E-state index is 11.9. The zero-order chi connectivity index (χ0) is 16.9. The molecule has 21 heavy (non-hydrogen) atoms. The molecular formula is C18H37NOS. The number of rotatable bonds is 5. The first-order valence-electron chi connectivity index (χ1n) is 8.39. The highest BCUT2D eigenvalue weighted by molar-refractivity contribution is 7.98. The molecule has 0 spiro atoms. The fourth-order valence-corrected chi connectivity index (χ4v) is 3.03. The molecule has 1 amide bonds. The van der Waals surface area contributed by atoms with Crippen LogP contribution < -0.4 is 0 Å². The first-order chi connectivity index (χ1) is 9.94. The van der Waals surface area contributed by atoms with Crippen molar-refractivity contribution in [3.63, 3.8) is 0 Å². The third kappa shape index (κ3) is 10.9. The highest BCUT2D eigenvalue weighted by atomic mass is 32.2. The summed E-state index contributed by atoms with van der Waals surface area (Å²) in [5, 5.41) is 0. The van der Waals surface area contributed by atoms with Gasteiger partial charge in [-0.15, -0.1) is 0 Å². The standard InChI is InChI=1S/C14H25NOS.2C2H6/c1-12-7-9-15(10-12)13(16)6-5-8-14(2,3)11-17-4;2*1-2/h5,8,12H,6-7,9-11H2,1-4H3;2*1-2H3/t12-;;/m1../s1. The van der Waals surface area contributed by atoms with Gasteiger partial charge in [-0.2, -0.15) is 11.8 Å². The van der Waals surface area contributed by atoms with E-state index in [4.69, 9.17) is 0 Å². The number of allylic oxidation sites excluding steroid dienone is 1. The smallest absolute Gasteiger partial charge is 0.226 e. The monoisotopic (exact) mass is 315 g/mol. The van der Waals surface area contributed by atoms with Gasteiger partial charge >= 0.3 is 0 Å². The molecular weight excluding hydrogens is 278 g/mol. The quantitative estimate of drug-likeness (QED) is 0.646. The van der Waals surface area contributed by atoms with Crippen molar-refractivity contribution in [3.05, 3.63) is 12.2 Å². The average Bonchev–Trinajstić information content (AvgIpc) is 2.89. The Bertz CT molecular complexity index is 287. The SMILES string of the molecule is CC.CC.CSCC(C)(C)C=CCC(=O)N1CC[C@@H](C)C1. The maximum Gasteiger partial charge on any atom is 0.226 e. The van der Waals surface area contributed by atoms with Crippen LogP contribution in [0.2, 0.25) is 0 Å². The number of thioether (sulfide) groups is 1. The summed E-state index contributed by atoms with van der Waals surface area (Å²) in [6.07, 6.45) is 8.06. The van der Waals surface area contributed by atoms with Gasteiger partial charge in [0.1, 0.15) is 0 Å². The van der Waals surface area contributed by atoms with E-state index in [-0.39, 0.29) is 11.3 Å². The number of amides is 1. The molecule has 3 heteroatoms. The Balaban J connectivity index is 0. The molecule has 1 rings (SSSR count). The van der Waals surface area contributed by atoms with Gasteiger partial charge < -0.3 is 4.90 Å². The number of nitrogens with zero attached hydrogens (tertiary/aromatic N) is 1. The molecule has 1 heterocycles. The largest absolute Gasteiger partial charge is 0.342 e. The Morgan fingerprint density at radius 2 is 1.86 bits per heavy atom. The van der Waals surface area contributed by atoms with Crippen molar-refractivity contribution in [1.82, 2.24) is 4.90 Å². The van der Waals surface area contributed by atoms with Crippen LogP contribution in [-0.4, -0.2) is 35.9 Å². The molecule has 0 radical (unpaired) electrons. The summed E-state index contributed by atoms with van der Waals surface area (Å²) in [5.74, 6) is 2.06. The van der Waals surface area contributed by atoms with Gasteiger partial charge in [0.25, 0.3) is 0 Å². The van der Waals surface area contributed by atoms with Crippen LogP contribution in [0.4, 0.5) is 0 Å². The van der Waals surface area contributed by atoms with Crippen molar-refractivity contribution in [2.24, 2.45) is 11.3 Å². The van der Waals surface area contributed by atoms with Gasteiger partial charge in [-0.05, 0) is 24.0 Å². The Hall–Kier alpha value is -0.440. The molecule has 0 aromatic carbocycles. The average molecular weight is 316 g/mol. The van der Waals surface area contributed by atoms with Crippen LogP contribution in [0.5, 0.6) is 0 Å². The van der Waals surface area contributed by atoms with E-state index in [0.29, 0.717) is 12.3 Å². The zero-order valence-corrected chi connectivity index (χ0v) is 16.3. The molecule has 2 nitrogen and oxygen atoms in total. The second-order valence-corrected chi connectivity index (χ2v) is 6.63. The van der Waals surface area contributed by atoms with E-state index in [1.165, 1.54) is 0 Å². The Morgan fingerprint density at radius 3 is 2.29 bits per heavy atom. The molecule has 1 aliphatic heterocycles. The molecule has 0 saturated carbocycles. The Morgan fingerprint density at radius 1 is 1.29 bits per heavy atom. The lowest BCUT2D eigenvalue weighted by atomic mass is 9.95. The van der Waals surface area contributed by atoms with Crippen LogP contribution in [0.15, 0.2) is 12.2 Å². The predicted octanol–water partition coefficient (Wildman–Crippen LogP) is 5.24. The minimum atomic E-state index is 0.192. The summed E-state index contributed by atoms with van der Waals surface area (Å²) in [5.41, 5.74) is 0.192. The minimum Gasteiger partial charge on any atom is -0.342 e. The molecule has 0 unspecified atom stereocenters. The predicted molar refractivity (Wildman–Crippen MR) is 99.0 cm³/mol. The Kier molecular flexibility index (Phi) is 14.4. The third-order valence-electron chi connectivity index (χ3n) is 3.15. The van der Waals surface area contributed by atoms with Gasteiger partial charge in [0.15, 0.2) is 0 Å². The van der Waals surface area contributed by atoms with Gasteiger partial charge in [0.2, 0.25) is 5.91 Å². The topological polar surface area (TPSA) is 20.3 Å². The molecule has 0 N–H and O–H groups in total. The lowest BCUT2D eigenvalue weighted by molar-refractivity contribution is -0.129. The molecule has 0 aliphatic carbocycles. The van der Waals surface area contributed by atoms with Gasteiger partial charge in [-0.25, -0.2) is 0 Å². The van der Waals surface area contributed by atoms with Crippen LogP contribution in [0.1, 0.15) is 61.3 Å². The first-order valence-corrected chi connectivity index (χ1v) is 9.78. The number of hydrogen-bond donors (Lipinski definition) is 0. The molecule has 0 aromatic rings. The summed E-state index contributed by atoms with van der Waals surface area (Å²) in [6, 6.07) is 0. The molecule has 0 bridgehead atoms. The van der Waals surface area contributed by atoms with Gasteiger partial charge in [-0.3, -0.25) is 4.79 Å². The molecule has 0 aromatic heterocycles. The summed E-state index contributed by atoms with van der Waals surface area (Å²) >= 11 is 1.85.